The number of hydrogen-bond acceptors (Lipinski definition) is 5. The minimum Gasteiger partial charge on any atom is -0.480 e. The highest BCUT2D eigenvalue weighted by Gasteiger charge is 2.27. The first-order valence-corrected chi connectivity index (χ1v) is 5.88. The van der Waals surface area contributed by atoms with Gasteiger partial charge >= 0.3 is 5.97 Å². The van der Waals surface area contributed by atoms with E-state index in [9.17, 15) is 4.79 Å². The van der Waals surface area contributed by atoms with Crippen LogP contribution in [0.2, 0.25) is 0 Å². The third kappa shape index (κ3) is 7.92. The van der Waals surface area contributed by atoms with Crippen molar-refractivity contribution in [2.75, 3.05) is 18.1 Å². The zero-order chi connectivity index (χ0) is 11.9. The molecular formula is C9H20ClN3O2S. The molecule has 0 radical (unpaired) electrons. The monoisotopic (exact) mass is 269 g/mol. The van der Waals surface area contributed by atoms with Crippen molar-refractivity contribution in [3.63, 3.8) is 0 Å². The zero-order valence-electron chi connectivity index (χ0n) is 9.53. The van der Waals surface area contributed by atoms with Gasteiger partial charge in [0.05, 0.1) is 0 Å². The molecule has 0 saturated heterocycles. The summed E-state index contributed by atoms with van der Waals surface area (Å²) in [5.74, 6) is 0.197. The van der Waals surface area contributed by atoms with Crippen LogP contribution < -0.4 is 11.1 Å². The second-order valence-corrected chi connectivity index (χ2v) is 4.78. The van der Waals surface area contributed by atoms with Gasteiger partial charge in [-0.1, -0.05) is 0 Å². The highest BCUT2D eigenvalue weighted by Crippen LogP contribution is 2.11. The molecule has 0 aliphatic carbocycles. The fourth-order valence-corrected chi connectivity index (χ4v) is 1.97. The van der Waals surface area contributed by atoms with E-state index in [-0.39, 0.29) is 18.4 Å². The first-order chi connectivity index (χ1) is 6.90. The Balaban J connectivity index is 0. The van der Waals surface area contributed by atoms with E-state index in [4.69, 9.17) is 16.2 Å². The van der Waals surface area contributed by atoms with Gasteiger partial charge in [0, 0.05) is 30.3 Å². The van der Waals surface area contributed by atoms with Crippen molar-refractivity contribution >= 4 is 36.4 Å². The number of nitrogens with one attached hydrogen (secondary N) is 2. The van der Waals surface area contributed by atoms with Crippen LogP contribution in [0.1, 0.15) is 13.8 Å². The van der Waals surface area contributed by atoms with Crippen LogP contribution in [-0.4, -0.2) is 46.9 Å². The summed E-state index contributed by atoms with van der Waals surface area (Å²) in [7, 11) is 0. The maximum atomic E-state index is 10.7. The third-order valence-electron chi connectivity index (χ3n) is 1.83. The summed E-state index contributed by atoms with van der Waals surface area (Å²) in [6.07, 6.45) is 1.30. The number of carbonyl (C=O) groups is 1. The standard InChI is InChI=1S/C9H19N3O2S.ClH/c1-7(12-4-3-10)5-15-6-9(2,11)8(13)14;/h3,7,10,12H,4-6,11H2,1-2H3,(H,13,14);1H/t7?,9-;/m0./s1. The van der Waals surface area contributed by atoms with Crippen molar-refractivity contribution < 1.29 is 9.90 Å². The van der Waals surface area contributed by atoms with Crippen LogP contribution in [0.25, 0.3) is 0 Å². The van der Waals surface area contributed by atoms with Gasteiger partial charge in [0.25, 0.3) is 0 Å². The molecule has 0 heterocycles. The van der Waals surface area contributed by atoms with Gasteiger partial charge in [0.15, 0.2) is 0 Å². The van der Waals surface area contributed by atoms with E-state index < -0.39 is 11.5 Å². The molecule has 0 aromatic heterocycles. The Bertz CT molecular complexity index is 227. The zero-order valence-corrected chi connectivity index (χ0v) is 11.2. The van der Waals surface area contributed by atoms with E-state index in [0.717, 1.165) is 5.75 Å². The van der Waals surface area contributed by atoms with Crippen molar-refractivity contribution in [2.45, 2.75) is 25.4 Å². The van der Waals surface area contributed by atoms with Gasteiger partial charge < -0.3 is 21.6 Å². The number of hydrogen-bond donors (Lipinski definition) is 4. The summed E-state index contributed by atoms with van der Waals surface area (Å²) >= 11 is 1.50. The lowest BCUT2D eigenvalue weighted by Gasteiger charge is -2.19. The highest BCUT2D eigenvalue weighted by molar-refractivity contribution is 7.99. The summed E-state index contributed by atoms with van der Waals surface area (Å²) < 4.78 is 0. The van der Waals surface area contributed by atoms with Crippen LogP contribution >= 0.6 is 24.2 Å². The number of halogens is 1. The molecule has 0 saturated carbocycles. The molecule has 0 aliphatic heterocycles. The molecule has 1 unspecified atom stereocenters. The Morgan fingerprint density at radius 1 is 1.75 bits per heavy atom. The van der Waals surface area contributed by atoms with Crippen LogP contribution in [0.15, 0.2) is 0 Å². The van der Waals surface area contributed by atoms with Crippen molar-refractivity contribution in [1.29, 1.82) is 5.41 Å². The van der Waals surface area contributed by atoms with Gasteiger partial charge in [0.2, 0.25) is 0 Å². The van der Waals surface area contributed by atoms with Crippen LogP contribution in [0.5, 0.6) is 0 Å². The molecule has 0 fully saturated rings. The van der Waals surface area contributed by atoms with Crippen LogP contribution in [0.3, 0.4) is 0 Å². The Labute approximate surface area is 106 Å². The minimum atomic E-state index is -1.16. The van der Waals surface area contributed by atoms with Gasteiger partial charge in [-0.3, -0.25) is 4.79 Å². The first-order valence-electron chi connectivity index (χ1n) is 4.72. The maximum absolute atomic E-state index is 10.7. The fourth-order valence-electron chi connectivity index (χ4n) is 0.828. The predicted molar refractivity (Wildman–Crippen MR) is 71.0 cm³/mol. The molecule has 2 atom stereocenters. The third-order valence-corrected chi connectivity index (χ3v) is 3.37. The normalized spacial score (nSPS) is 15.7. The van der Waals surface area contributed by atoms with Crippen LogP contribution in [-0.2, 0) is 4.79 Å². The molecule has 0 spiro atoms. The Morgan fingerprint density at radius 3 is 2.75 bits per heavy atom. The SMILES string of the molecule is CC(CSC[C@](C)(N)C(=O)O)NCC=N.Cl. The molecule has 0 rings (SSSR count). The average molecular weight is 270 g/mol. The van der Waals surface area contributed by atoms with Gasteiger partial charge in [-0.25, -0.2) is 0 Å². The van der Waals surface area contributed by atoms with Gasteiger partial charge in [-0.15, -0.1) is 12.4 Å². The topological polar surface area (TPSA) is 99.2 Å². The first kappa shape index (κ1) is 18.1. The lowest BCUT2D eigenvalue weighted by molar-refractivity contribution is -0.141. The number of thioether (sulfide) groups is 1. The van der Waals surface area contributed by atoms with E-state index in [1.165, 1.54) is 24.9 Å². The molecule has 0 amide bonds. The molecular weight excluding hydrogens is 250 g/mol. The largest absolute Gasteiger partial charge is 0.480 e. The molecule has 5 N–H and O–H groups in total. The number of rotatable bonds is 8. The number of aliphatic carboxylic acids is 1. The second kappa shape index (κ2) is 8.81. The van der Waals surface area contributed by atoms with Crippen molar-refractivity contribution in [2.24, 2.45) is 5.73 Å². The molecule has 0 aromatic carbocycles. The van der Waals surface area contributed by atoms with Crippen molar-refractivity contribution in [3.05, 3.63) is 0 Å². The van der Waals surface area contributed by atoms with Crippen molar-refractivity contribution in [1.82, 2.24) is 5.32 Å². The summed E-state index contributed by atoms with van der Waals surface area (Å²) in [5, 5.41) is 18.7. The summed E-state index contributed by atoms with van der Waals surface area (Å²) in [5.41, 5.74) is 4.41. The molecule has 0 bridgehead atoms. The molecule has 16 heavy (non-hydrogen) atoms. The number of nitrogens with two attached hydrogens (primary N) is 1. The quantitative estimate of drug-likeness (QED) is 0.483. The lowest BCUT2D eigenvalue weighted by atomic mass is 10.1. The van der Waals surface area contributed by atoms with Crippen LogP contribution in [0, 0.1) is 5.41 Å². The molecule has 5 nitrogen and oxygen atoms in total. The van der Waals surface area contributed by atoms with Gasteiger partial charge in [0.1, 0.15) is 5.54 Å². The highest BCUT2D eigenvalue weighted by atomic mass is 35.5. The summed E-state index contributed by atoms with van der Waals surface area (Å²) in [6, 6.07) is 0.251. The maximum Gasteiger partial charge on any atom is 0.324 e. The molecule has 7 heteroatoms. The molecule has 96 valence electrons. The van der Waals surface area contributed by atoms with E-state index in [0.29, 0.717) is 12.3 Å². The summed E-state index contributed by atoms with van der Waals surface area (Å²) in [4.78, 5) is 10.7. The van der Waals surface area contributed by atoms with E-state index in [1.807, 2.05) is 6.92 Å². The van der Waals surface area contributed by atoms with E-state index in [1.54, 1.807) is 0 Å². The predicted octanol–water partition coefficient (Wildman–Crippen LogP) is 0.571. The minimum absolute atomic E-state index is 0. The van der Waals surface area contributed by atoms with Crippen molar-refractivity contribution in [3.8, 4) is 0 Å². The molecule has 0 aliphatic rings. The number of carboxylic acid groups (broad SMARTS) is 1. The fraction of sp³-hybridized carbons (Fsp3) is 0.778. The van der Waals surface area contributed by atoms with E-state index >= 15 is 0 Å². The Hall–Kier alpha value is -0.300. The van der Waals surface area contributed by atoms with Gasteiger partial charge in [-0.2, -0.15) is 11.8 Å². The molecule has 0 aromatic rings. The van der Waals surface area contributed by atoms with Gasteiger partial charge in [-0.05, 0) is 13.8 Å². The lowest BCUT2D eigenvalue weighted by Crippen LogP contribution is -2.47. The Morgan fingerprint density at radius 2 is 2.31 bits per heavy atom. The Kier molecular flexibility index (Phi) is 9.95. The summed E-state index contributed by atoms with van der Waals surface area (Å²) in [6.45, 7) is 4.05. The average Bonchev–Trinajstić information content (AvgIpc) is 2.14. The number of carboxylic acids is 1. The smallest absolute Gasteiger partial charge is 0.324 e. The van der Waals surface area contributed by atoms with Crippen LogP contribution in [0.4, 0.5) is 0 Å². The van der Waals surface area contributed by atoms with E-state index in [2.05, 4.69) is 5.32 Å². The second-order valence-electron chi connectivity index (χ2n) is 3.75.